The van der Waals surface area contributed by atoms with E-state index in [0.29, 0.717) is 18.7 Å². The molecule has 0 unspecified atom stereocenters. The first kappa shape index (κ1) is 19.9. The van der Waals surface area contributed by atoms with Crippen molar-refractivity contribution in [3.05, 3.63) is 59.7 Å². The predicted octanol–water partition coefficient (Wildman–Crippen LogP) is 1.64. The molecule has 0 bridgehead atoms. The van der Waals surface area contributed by atoms with Gasteiger partial charge in [-0.3, -0.25) is 4.79 Å². The highest BCUT2D eigenvalue weighted by Gasteiger charge is 2.30. The highest BCUT2D eigenvalue weighted by molar-refractivity contribution is 7.89. The molecule has 0 atom stereocenters. The number of nitriles is 1. The minimum absolute atomic E-state index is 0.0272. The highest BCUT2D eigenvalue weighted by atomic mass is 32.2. The van der Waals surface area contributed by atoms with Crippen LogP contribution in [0.4, 0.5) is 0 Å². The van der Waals surface area contributed by atoms with Crippen molar-refractivity contribution in [2.24, 2.45) is 0 Å². The van der Waals surface area contributed by atoms with Crippen molar-refractivity contribution in [1.29, 1.82) is 5.26 Å². The number of nitrogens with zero attached hydrogens (tertiary/aromatic N) is 3. The molecule has 146 valence electrons. The van der Waals surface area contributed by atoms with Gasteiger partial charge in [0.05, 0.1) is 30.1 Å². The maximum atomic E-state index is 12.7. The summed E-state index contributed by atoms with van der Waals surface area (Å²) < 4.78 is 32.0. The summed E-state index contributed by atoms with van der Waals surface area (Å²) >= 11 is 0. The van der Waals surface area contributed by atoms with Crippen LogP contribution in [-0.2, 0) is 21.2 Å². The third-order valence-electron chi connectivity index (χ3n) is 4.73. The van der Waals surface area contributed by atoms with Gasteiger partial charge >= 0.3 is 0 Å². The van der Waals surface area contributed by atoms with Crippen LogP contribution in [0.15, 0.2) is 53.4 Å². The number of rotatable bonds is 5. The number of amides is 1. The molecule has 0 saturated carbocycles. The zero-order valence-corrected chi connectivity index (χ0v) is 16.4. The molecule has 0 radical (unpaired) electrons. The fourth-order valence-corrected chi connectivity index (χ4v) is 4.48. The van der Waals surface area contributed by atoms with Crippen molar-refractivity contribution in [3.63, 3.8) is 0 Å². The summed E-state index contributed by atoms with van der Waals surface area (Å²) in [6.45, 7) is 1.20. The maximum absolute atomic E-state index is 12.7. The smallest absolute Gasteiger partial charge is 0.243 e. The molecule has 1 amide bonds. The van der Waals surface area contributed by atoms with E-state index in [1.165, 1.54) is 28.6 Å². The Morgan fingerprint density at radius 1 is 1.04 bits per heavy atom. The number of carbonyl (C=O) groups is 1. The van der Waals surface area contributed by atoms with Crippen molar-refractivity contribution in [2.75, 3.05) is 33.3 Å². The van der Waals surface area contributed by atoms with Gasteiger partial charge in [0.1, 0.15) is 5.75 Å². The number of piperazine rings is 1. The Labute approximate surface area is 164 Å². The second-order valence-electron chi connectivity index (χ2n) is 6.45. The van der Waals surface area contributed by atoms with Gasteiger partial charge in [-0.05, 0) is 42.0 Å². The lowest BCUT2D eigenvalue weighted by Crippen LogP contribution is -2.50. The Kier molecular flexibility index (Phi) is 5.97. The van der Waals surface area contributed by atoms with Crippen molar-refractivity contribution in [3.8, 4) is 11.8 Å². The van der Waals surface area contributed by atoms with Crippen LogP contribution >= 0.6 is 0 Å². The third kappa shape index (κ3) is 4.32. The van der Waals surface area contributed by atoms with Crippen LogP contribution < -0.4 is 4.74 Å². The zero-order valence-electron chi connectivity index (χ0n) is 15.5. The minimum atomic E-state index is -3.63. The van der Waals surface area contributed by atoms with Gasteiger partial charge in [-0.2, -0.15) is 9.57 Å². The molecule has 2 aromatic carbocycles. The summed E-state index contributed by atoms with van der Waals surface area (Å²) in [5, 5.41) is 8.84. The number of benzene rings is 2. The van der Waals surface area contributed by atoms with Gasteiger partial charge in [-0.15, -0.1) is 0 Å². The first-order chi connectivity index (χ1) is 13.4. The molecule has 0 spiro atoms. The summed E-state index contributed by atoms with van der Waals surface area (Å²) in [6.07, 6.45) is 0.270. The third-order valence-corrected chi connectivity index (χ3v) is 6.64. The van der Waals surface area contributed by atoms with Crippen LogP contribution in [0.2, 0.25) is 0 Å². The Morgan fingerprint density at radius 2 is 1.64 bits per heavy atom. The fraction of sp³-hybridized carbons (Fsp3) is 0.300. The average Bonchev–Trinajstić information content (AvgIpc) is 2.74. The van der Waals surface area contributed by atoms with E-state index in [4.69, 9.17) is 10.00 Å². The normalized spacial score (nSPS) is 15.1. The van der Waals surface area contributed by atoms with Crippen LogP contribution in [0.5, 0.6) is 5.75 Å². The van der Waals surface area contributed by atoms with Crippen molar-refractivity contribution >= 4 is 15.9 Å². The lowest BCUT2D eigenvalue weighted by molar-refractivity contribution is -0.131. The summed E-state index contributed by atoms with van der Waals surface area (Å²) in [4.78, 5) is 14.4. The summed E-state index contributed by atoms with van der Waals surface area (Å²) in [5.41, 5.74) is 1.30. The Hall–Kier alpha value is -2.89. The molecule has 3 rings (SSSR count). The average molecular weight is 399 g/mol. The number of methoxy groups -OCH3 is 1. The number of carbonyl (C=O) groups excluding carboxylic acids is 1. The second-order valence-corrected chi connectivity index (χ2v) is 8.38. The van der Waals surface area contributed by atoms with Gasteiger partial charge in [0, 0.05) is 26.2 Å². The van der Waals surface area contributed by atoms with Crippen molar-refractivity contribution < 1.29 is 17.9 Å². The van der Waals surface area contributed by atoms with Gasteiger partial charge in [-0.25, -0.2) is 8.42 Å². The molecular weight excluding hydrogens is 378 g/mol. The van der Waals surface area contributed by atoms with E-state index >= 15 is 0 Å². The van der Waals surface area contributed by atoms with E-state index in [0.717, 1.165) is 11.3 Å². The molecular formula is C20H21N3O4S. The van der Waals surface area contributed by atoms with Crippen LogP contribution in [-0.4, -0.2) is 56.8 Å². The number of hydrogen-bond donors (Lipinski definition) is 0. The SMILES string of the molecule is COc1ccc(CC(=O)N2CCN(S(=O)(=O)c3ccc(C#N)cc3)CC2)cc1. The number of ether oxygens (including phenoxy) is 1. The molecule has 0 aliphatic carbocycles. The molecule has 7 nitrogen and oxygen atoms in total. The molecule has 1 aliphatic rings. The molecule has 8 heteroatoms. The molecule has 2 aromatic rings. The summed E-state index contributed by atoms with van der Waals surface area (Å²) in [5.74, 6) is 0.707. The zero-order chi connectivity index (χ0) is 20.1. The van der Waals surface area contributed by atoms with Gasteiger partial charge in [-0.1, -0.05) is 12.1 Å². The van der Waals surface area contributed by atoms with Gasteiger partial charge in [0.25, 0.3) is 0 Å². The van der Waals surface area contributed by atoms with E-state index in [1.807, 2.05) is 30.3 Å². The summed E-state index contributed by atoms with van der Waals surface area (Å²) in [6, 6.07) is 15.1. The van der Waals surface area contributed by atoms with E-state index in [9.17, 15) is 13.2 Å². The Balaban J connectivity index is 1.59. The van der Waals surface area contributed by atoms with Crippen LogP contribution in [0.1, 0.15) is 11.1 Å². The summed E-state index contributed by atoms with van der Waals surface area (Å²) in [7, 11) is -2.04. The van der Waals surface area contributed by atoms with Crippen LogP contribution in [0, 0.1) is 11.3 Å². The predicted molar refractivity (Wildman–Crippen MR) is 103 cm³/mol. The Morgan fingerprint density at radius 3 is 2.18 bits per heavy atom. The number of hydrogen-bond acceptors (Lipinski definition) is 5. The number of sulfonamides is 1. The highest BCUT2D eigenvalue weighted by Crippen LogP contribution is 2.19. The van der Waals surface area contributed by atoms with Crippen molar-refractivity contribution in [1.82, 2.24) is 9.21 Å². The largest absolute Gasteiger partial charge is 0.497 e. The van der Waals surface area contributed by atoms with Gasteiger partial charge < -0.3 is 9.64 Å². The second kappa shape index (κ2) is 8.42. The topological polar surface area (TPSA) is 90.7 Å². The van der Waals surface area contributed by atoms with Crippen LogP contribution in [0.3, 0.4) is 0 Å². The minimum Gasteiger partial charge on any atom is -0.497 e. The fourth-order valence-electron chi connectivity index (χ4n) is 3.06. The molecule has 1 fully saturated rings. The molecule has 28 heavy (non-hydrogen) atoms. The quantitative estimate of drug-likeness (QED) is 0.762. The van der Waals surface area contributed by atoms with E-state index < -0.39 is 10.0 Å². The Bertz CT molecular complexity index is 972. The van der Waals surface area contributed by atoms with E-state index in [1.54, 1.807) is 12.0 Å². The van der Waals surface area contributed by atoms with Crippen molar-refractivity contribution in [2.45, 2.75) is 11.3 Å². The van der Waals surface area contributed by atoms with E-state index in [-0.39, 0.29) is 30.3 Å². The lowest BCUT2D eigenvalue weighted by Gasteiger charge is -2.34. The molecule has 0 N–H and O–H groups in total. The first-order valence-electron chi connectivity index (χ1n) is 8.85. The maximum Gasteiger partial charge on any atom is 0.243 e. The monoisotopic (exact) mass is 399 g/mol. The van der Waals surface area contributed by atoms with Gasteiger partial charge in [0.2, 0.25) is 15.9 Å². The molecule has 1 saturated heterocycles. The lowest BCUT2D eigenvalue weighted by atomic mass is 10.1. The standard InChI is InChI=1S/C20H21N3O4S/c1-27-18-6-2-16(3-7-18)14-20(24)22-10-12-23(13-11-22)28(25,26)19-8-4-17(15-21)5-9-19/h2-9H,10-14H2,1H3. The molecule has 1 aliphatic heterocycles. The van der Waals surface area contributed by atoms with Gasteiger partial charge in [0.15, 0.2) is 0 Å². The molecule has 0 aromatic heterocycles. The molecule has 1 heterocycles. The first-order valence-corrected chi connectivity index (χ1v) is 10.3. The van der Waals surface area contributed by atoms with Crippen LogP contribution in [0.25, 0.3) is 0 Å². The van der Waals surface area contributed by atoms with E-state index in [2.05, 4.69) is 0 Å².